The largest absolute Gasteiger partial charge is 0.456 e. The lowest BCUT2D eigenvalue weighted by Gasteiger charge is -2.31. The van der Waals surface area contributed by atoms with Crippen LogP contribution >= 0.6 is 0 Å². The molecule has 0 saturated carbocycles. The Morgan fingerprint density at radius 1 is 0.357 bits per heavy atom. The summed E-state index contributed by atoms with van der Waals surface area (Å²) in [6.07, 6.45) is 0. The maximum atomic E-state index is 6.31. The van der Waals surface area contributed by atoms with Crippen LogP contribution in [0, 0.1) is 0 Å². The molecule has 0 N–H and O–H groups in total. The molecular formula is C40H27NO. The molecule has 2 nitrogen and oxygen atoms in total. The number of hydrogen-bond donors (Lipinski definition) is 0. The van der Waals surface area contributed by atoms with Gasteiger partial charge in [0.05, 0.1) is 17.1 Å². The van der Waals surface area contributed by atoms with E-state index in [1.165, 1.54) is 21.9 Å². The minimum absolute atomic E-state index is 0.893. The Morgan fingerprint density at radius 2 is 0.905 bits per heavy atom. The monoisotopic (exact) mass is 537 g/mol. The van der Waals surface area contributed by atoms with E-state index in [9.17, 15) is 0 Å². The second-order valence-electron chi connectivity index (χ2n) is 10.5. The van der Waals surface area contributed by atoms with Crippen molar-refractivity contribution in [3.05, 3.63) is 164 Å². The maximum absolute atomic E-state index is 6.31. The SMILES string of the molecule is c1ccc(-c2ccccc2N(c2ccccc2-c2cccc3oc4ccccc4c23)c2cccc3ccccc23)cc1. The van der Waals surface area contributed by atoms with Gasteiger partial charge in [0, 0.05) is 27.3 Å². The number of hydrogen-bond acceptors (Lipinski definition) is 2. The van der Waals surface area contributed by atoms with Gasteiger partial charge in [0.15, 0.2) is 0 Å². The van der Waals surface area contributed by atoms with Crippen molar-refractivity contribution in [1.82, 2.24) is 0 Å². The minimum Gasteiger partial charge on any atom is -0.456 e. The van der Waals surface area contributed by atoms with Crippen LogP contribution in [0.1, 0.15) is 0 Å². The van der Waals surface area contributed by atoms with Crippen molar-refractivity contribution < 1.29 is 4.42 Å². The van der Waals surface area contributed by atoms with Crippen LogP contribution in [0.2, 0.25) is 0 Å². The fraction of sp³-hybridized carbons (Fsp3) is 0. The summed E-state index contributed by atoms with van der Waals surface area (Å²) in [7, 11) is 0. The standard InChI is InChI=1S/C40H27NO/c1-2-14-28(15-3-1)30-19-6-9-23-35(30)41(36-25-12-17-29-16-4-5-18-31(29)36)37-24-10-7-20-32(37)33-22-13-27-39-40(33)34-21-8-11-26-38(34)42-39/h1-27H. The first-order valence-electron chi connectivity index (χ1n) is 14.3. The molecule has 7 aromatic carbocycles. The molecule has 0 atom stereocenters. The molecule has 0 aliphatic carbocycles. The highest BCUT2D eigenvalue weighted by atomic mass is 16.3. The lowest BCUT2D eigenvalue weighted by atomic mass is 9.95. The summed E-state index contributed by atoms with van der Waals surface area (Å²) in [6, 6.07) is 58.0. The molecule has 1 heterocycles. The average molecular weight is 538 g/mol. The average Bonchev–Trinajstić information content (AvgIpc) is 3.45. The van der Waals surface area contributed by atoms with E-state index in [1.54, 1.807) is 0 Å². The predicted octanol–water partition coefficient (Wildman–Crippen LogP) is 11.5. The summed E-state index contributed by atoms with van der Waals surface area (Å²) in [5, 5.41) is 4.66. The van der Waals surface area contributed by atoms with Crippen LogP contribution in [-0.2, 0) is 0 Å². The van der Waals surface area contributed by atoms with Crippen molar-refractivity contribution in [3.63, 3.8) is 0 Å². The zero-order valence-corrected chi connectivity index (χ0v) is 22.9. The van der Waals surface area contributed by atoms with Gasteiger partial charge in [0.2, 0.25) is 0 Å². The van der Waals surface area contributed by atoms with Gasteiger partial charge in [-0.15, -0.1) is 0 Å². The molecule has 0 aliphatic rings. The molecule has 0 aliphatic heterocycles. The first kappa shape index (κ1) is 24.2. The molecule has 8 aromatic rings. The molecule has 1 aromatic heterocycles. The first-order valence-corrected chi connectivity index (χ1v) is 14.3. The van der Waals surface area contributed by atoms with Crippen molar-refractivity contribution in [1.29, 1.82) is 0 Å². The summed E-state index contributed by atoms with van der Waals surface area (Å²) >= 11 is 0. The van der Waals surface area contributed by atoms with E-state index < -0.39 is 0 Å². The molecule has 2 heteroatoms. The first-order chi connectivity index (χ1) is 20.9. The van der Waals surface area contributed by atoms with Crippen molar-refractivity contribution in [2.24, 2.45) is 0 Å². The lowest BCUT2D eigenvalue weighted by Crippen LogP contribution is -2.13. The topological polar surface area (TPSA) is 16.4 Å². The smallest absolute Gasteiger partial charge is 0.136 e. The molecule has 0 unspecified atom stereocenters. The Morgan fingerprint density at radius 3 is 1.76 bits per heavy atom. The Hall–Kier alpha value is -5.60. The van der Waals surface area contributed by atoms with Gasteiger partial charge in [-0.05, 0) is 46.8 Å². The summed E-state index contributed by atoms with van der Waals surface area (Å²) in [5.41, 5.74) is 9.80. The molecule has 0 fully saturated rings. The molecule has 8 rings (SSSR count). The van der Waals surface area contributed by atoms with Crippen molar-refractivity contribution >= 4 is 49.8 Å². The van der Waals surface area contributed by atoms with Gasteiger partial charge < -0.3 is 9.32 Å². The molecule has 0 radical (unpaired) electrons. The van der Waals surface area contributed by atoms with E-state index in [0.717, 1.165) is 50.1 Å². The quantitative estimate of drug-likeness (QED) is 0.217. The number of fused-ring (bicyclic) bond motifs is 4. The van der Waals surface area contributed by atoms with Gasteiger partial charge in [-0.3, -0.25) is 0 Å². The third-order valence-corrected chi connectivity index (χ3v) is 8.07. The number of furan rings is 1. The Bertz CT molecular complexity index is 2200. The van der Waals surface area contributed by atoms with Crippen molar-refractivity contribution in [3.8, 4) is 22.3 Å². The number of anilines is 3. The Kier molecular flexibility index (Phi) is 5.82. The Labute approximate surface area is 244 Å². The predicted molar refractivity (Wildman–Crippen MR) is 177 cm³/mol. The van der Waals surface area contributed by atoms with Gasteiger partial charge in [0.25, 0.3) is 0 Å². The number of rotatable bonds is 5. The van der Waals surface area contributed by atoms with Crippen molar-refractivity contribution in [2.75, 3.05) is 4.90 Å². The molecule has 0 bridgehead atoms. The fourth-order valence-electron chi connectivity index (χ4n) is 6.22. The summed E-state index contributed by atoms with van der Waals surface area (Å²) in [6.45, 7) is 0. The van der Waals surface area contributed by atoms with Crippen LogP contribution in [0.3, 0.4) is 0 Å². The van der Waals surface area contributed by atoms with Gasteiger partial charge in [-0.25, -0.2) is 0 Å². The van der Waals surface area contributed by atoms with E-state index in [1.807, 2.05) is 12.1 Å². The van der Waals surface area contributed by atoms with Gasteiger partial charge >= 0.3 is 0 Å². The van der Waals surface area contributed by atoms with E-state index >= 15 is 0 Å². The van der Waals surface area contributed by atoms with Gasteiger partial charge in [0.1, 0.15) is 11.2 Å². The van der Waals surface area contributed by atoms with E-state index in [-0.39, 0.29) is 0 Å². The molecule has 0 amide bonds. The molecule has 0 saturated heterocycles. The lowest BCUT2D eigenvalue weighted by molar-refractivity contribution is 0.669. The van der Waals surface area contributed by atoms with Crippen LogP contribution in [0.4, 0.5) is 17.1 Å². The molecule has 198 valence electrons. The molecule has 0 spiro atoms. The zero-order chi connectivity index (χ0) is 27.9. The second kappa shape index (κ2) is 10.1. The Balaban J connectivity index is 1.46. The van der Waals surface area contributed by atoms with Crippen LogP contribution < -0.4 is 4.90 Å². The third kappa shape index (κ3) is 3.96. The summed E-state index contributed by atoms with van der Waals surface area (Å²) < 4.78 is 6.31. The highest BCUT2D eigenvalue weighted by Crippen LogP contribution is 2.48. The summed E-state index contributed by atoms with van der Waals surface area (Å²) in [5.74, 6) is 0. The fourth-order valence-corrected chi connectivity index (χ4v) is 6.22. The van der Waals surface area contributed by atoms with Gasteiger partial charge in [-0.2, -0.15) is 0 Å². The number of nitrogens with zero attached hydrogens (tertiary/aromatic N) is 1. The molecule has 42 heavy (non-hydrogen) atoms. The zero-order valence-electron chi connectivity index (χ0n) is 22.9. The minimum atomic E-state index is 0.893. The van der Waals surface area contributed by atoms with E-state index in [2.05, 4.69) is 157 Å². The molecular weight excluding hydrogens is 510 g/mol. The van der Waals surface area contributed by atoms with Crippen LogP contribution in [0.25, 0.3) is 55.0 Å². The second-order valence-corrected chi connectivity index (χ2v) is 10.5. The van der Waals surface area contributed by atoms with Gasteiger partial charge in [-0.1, -0.05) is 133 Å². The van der Waals surface area contributed by atoms with Crippen LogP contribution in [0.15, 0.2) is 168 Å². The van der Waals surface area contributed by atoms with Crippen LogP contribution in [0.5, 0.6) is 0 Å². The van der Waals surface area contributed by atoms with E-state index in [0.29, 0.717) is 0 Å². The third-order valence-electron chi connectivity index (χ3n) is 8.07. The number of para-hydroxylation sites is 3. The van der Waals surface area contributed by atoms with Crippen LogP contribution in [-0.4, -0.2) is 0 Å². The normalized spacial score (nSPS) is 11.3. The maximum Gasteiger partial charge on any atom is 0.136 e. The summed E-state index contributed by atoms with van der Waals surface area (Å²) in [4.78, 5) is 2.43. The highest BCUT2D eigenvalue weighted by molar-refractivity contribution is 6.14. The van der Waals surface area contributed by atoms with Crippen molar-refractivity contribution in [2.45, 2.75) is 0 Å². The van der Waals surface area contributed by atoms with E-state index in [4.69, 9.17) is 4.42 Å². The highest BCUT2D eigenvalue weighted by Gasteiger charge is 2.23. The number of benzene rings is 7.